The van der Waals surface area contributed by atoms with Gasteiger partial charge in [-0.25, -0.2) is 0 Å². The zero-order valence-electron chi connectivity index (χ0n) is 26.5. The molecule has 5 aliphatic rings. The second-order valence-electron chi connectivity index (χ2n) is 15.8. The first-order chi connectivity index (χ1) is 18.9. The summed E-state index contributed by atoms with van der Waals surface area (Å²) in [6, 6.07) is 0. The molecule has 0 aliphatic heterocycles. The number of carboxylic acids is 1. The Hall–Kier alpha value is -1.89. The average molecular weight is 573 g/mol. The van der Waals surface area contributed by atoms with Gasteiger partial charge in [-0.15, -0.1) is 0 Å². The summed E-state index contributed by atoms with van der Waals surface area (Å²) in [4.78, 5) is 37.0. The topological polar surface area (TPSA) is 110 Å². The molecule has 0 bridgehead atoms. The van der Waals surface area contributed by atoms with Gasteiger partial charge in [-0.05, 0) is 98.7 Å². The molecule has 0 aromatic carbocycles. The normalized spacial score (nSPS) is 50.7. The van der Waals surface area contributed by atoms with Gasteiger partial charge >= 0.3 is 17.9 Å². The Kier molecular flexibility index (Phi) is 7.12. The van der Waals surface area contributed by atoms with Crippen LogP contribution in [0, 0.1) is 50.7 Å². The molecule has 7 nitrogen and oxygen atoms in total. The molecule has 11 atom stereocenters. The van der Waals surface area contributed by atoms with Crippen molar-refractivity contribution in [3.8, 4) is 0 Å². The molecule has 0 aromatic heterocycles. The van der Waals surface area contributed by atoms with Gasteiger partial charge in [0.05, 0.1) is 11.0 Å². The van der Waals surface area contributed by atoms with Gasteiger partial charge in [0.1, 0.15) is 12.7 Å². The minimum Gasteiger partial charge on any atom is -0.481 e. The molecule has 0 heterocycles. The largest absolute Gasteiger partial charge is 0.481 e. The van der Waals surface area contributed by atoms with E-state index in [0.29, 0.717) is 18.8 Å². The van der Waals surface area contributed by atoms with E-state index >= 15 is 0 Å². The Morgan fingerprint density at radius 1 is 0.902 bits per heavy atom. The molecule has 3 unspecified atom stereocenters. The monoisotopic (exact) mass is 572 g/mol. The fraction of sp³-hybridized carbons (Fsp3) is 0.853. The highest BCUT2D eigenvalue weighted by atomic mass is 16.6. The van der Waals surface area contributed by atoms with Crippen molar-refractivity contribution < 1.29 is 34.1 Å². The quantitative estimate of drug-likeness (QED) is 0.300. The van der Waals surface area contributed by atoms with Crippen LogP contribution >= 0.6 is 0 Å². The number of aliphatic hydroxyl groups is 1. The molecule has 0 saturated heterocycles. The van der Waals surface area contributed by atoms with Gasteiger partial charge < -0.3 is 19.7 Å². The standard InChI is InChI=1S/C34H52O7/c1-20-11-16-34(28(37)38)18-17-31(6)23(27(34)33(20,8)39)9-10-25-29(4)14-13-26(41-22(3)36)30(5,19-40-21(2)35)24(29)12-15-32(25,31)7/h9,20,24-27,39H,10-19H2,1-8H3,(H,37,38)/t20-,24?,25?,26+,27?,29+,30+,31-,32-,33-,34+/m1/s1. The van der Waals surface area contributed by atoms with Crippen LogP contribution < -0.4 is 0 Å². The third-order valence-corrected chi connectivity index (χ3v) is 14.1. The van der Waals surface area contributed by atoms with Gasteiger partial charge in [0, 0.05) is 25.2 Å². The first-order valence-electron chi connectivity index (χ1n) is 15.9. The first kappa shape index (κ1) is 30.6. The summed E-state index contributed by atoms with van der Waals surface area (Å²) in [7, 11) is 0. The van der Waals surface area contributed by atoms with E-state index in [-0.39, 0.29) is 52.7 Å². The number of esters is 2. The SMILES string of the molecule is CC(=O)OC[C@@]1(C)C2CC[C@]3(C)C(CC=C4C5[C@](C(=O)O)(CC[C@@H](C)[C@@]5(C)O)CC[C@]43C)[C@@]2(C)CC[C@@H]1OC(C)=O. The Balaban J connectivity index is 1.59. The number of carboxylic acid groups (broad SMARTS) is 1. The number of allylic oxidation sites excluding steroid dienone is 1. The number of aliphatic carboxylic acids is 1. The van der Waals surface area contributed by atoms with Gasteiger partial charge in [0.15, 0.2) is 0 Å². The van der Waals surface area contributed by atoms with Crippen molar-refractivity contribution in [2.75, 3.05) is 6.61 Å². The molecular weight excluding hydrogens is 520 g/mol. The highest BCUT2D eigenvalue weighted by Gasteiger charge is 2.72. The molecule has 7 heteroatoms. The summed E-state index contributed by atoms with van der Waals surface area (Å²) in [6.07, 6.45) is 9.13. The summed E-state index contributed by atoms with van der Waals surface area (Å²) in [6.45, 7) is 16.4. The number of ether oxygens (including phenoxy) is 2. The Labute approximate surface area is 245 Å². The lowest BCUT2D eigenvalue weighted by Gasteiger charge is -2.71. The predicted molar refractivity (Wildman–Crippen MR) is 155 cm³/mol. The van der Waals surface area contributed by atoms with Crippen molar-refractivity contribution in [2.45, 2.75) is 125 Å². The highest BCUT2D eigenvalue weighted by Crippen LogP contribution is 2.76. The zero-order chi connectivity index (χ0) is 30.4. The summed E-state index contributed by atoms with van der Waals surface area (Å²) < 4.78 is 11.6. The van der Waals surface area contributed by atoms with E-state index in [4.69, 9.17) is 9.47 Å². The van der Waals surface area contributed by atoms with E-state index in [1.165, 1.54) is 19.4 Å². The van der Waals surface area contributed by atoms with Crippen molar-refractivity contribution in [1.29, 1.82) is 0 Å². The lowest BCUT2D eigenvalue weighted by molar-refractivity contribution is -0.232. The van der Waals surface area contributed by atoms with E-state index < -0.39 is 28.3 Å². The smallest absolute Gasteiger partial charge is 0.310 e. The molecule has 4 saturated carbocycles. The van der Waals surface area contributed by atoms with Crippen LogP contribution in [0.2, 0.25) is 0 Å². The van der Waals surface area contributed by atoms with Gasteiger partial charge in [-0.2, -0.15) is 0 Å². The van der Waals surface area contributed by atoms with Gasteiger partial charge in [0.25, 0.3) is 0 Å². The van der Waals surface area contributed by atoms with Crippen molar-refractivity contribution in [1.82, 2.24) is 0 Å². The second-order valence-corrected chi connectivity index (χ2v) is 15.8. The molecule has 4 fully saturated rings. The lowest BCUT2D eigenvalue weighted by Crippen LogP contribution is -2.68. The molecule has 0 spiro atoms. The van der Waals surface area contributed by atoms with Gasteiger partial charge in [0.2, 0.25) is 0 Å². The zero-order valence-corrected chi connectivity index (χ0v) is 26.5. The average Bonchev–Trinajstić information content (AvgIpc) is 2.87. The first-order valence-corrected chi connectivity index (χ1v) is 15.9. The van der Waals surface area contributed by atoms with Crippen LogP contribution in [0.4, 0.5) is 0 Å². The number of fused-ring (bicyclic) bond motifs is 7. The molecule has 230 valence electrons. The molecular formula is C34H52O7. The fourth-order valence-electron chi connectivity index (χ4n) is 11.5. The van der Waals surface area contributed by atoms with Crippen LogP contribution in [0.5, 0.6) is 0 Å². The summed E-state index contributed by atoms with van der Waals surface area (Å²) >= 11 is 0. The molecule has 5 aliphatic carbocycles. The molecule has 0 radical (unpaired) electrons. The molecule has 2 N–H and O–H groups in total. The van der Waals surface area contributed by atoms with Crippen LogP contribution in [0.1, 0.15) is 113 Å². The summed E-state index contributed by atoms with van der Waals surface area (Å²) in [5.41, 5.74) is -1.71. The number of rotatable bonds is 4. The van der Waals surface area contributed by atoms with Crippen molar-refractivity contribution in [3.63, 3.8) is 0 Å². The maximum absolute atomic E-state index is 13.0. The van der Waals surface area contributed by atoms with E-state index in [1.54, 1.807) is 0 Å². The van der Waals surface area contributed by atoms with E-state index in [2.05, 4.69) is 40.7 Å². The Bertz CT molecular complexity index is 1160. The van der Waals surface area contributed by atoms with Crippen LogP contribution in [-0.2, 0) is 23.9 Å². The predicted octanol–water partition coefficient (Wildman–Crippen LogP) is 6.32. The number of carbonyl (C=O) groups is 3. The Morgan fingerprint density at radius 2 is 1.59 bits per heavy atom. The van der Waals surface area contributed by atoms with Crippen LogP contribution in [0.15, 0.2) is 11.6 Å². The third kappa shape index (κ3) is 4.03. The van der Waals surface area contributed by atoms with Crippen molar-refractivity contribution >= 4 is 17.9 Å². The number of hydrogen-bond donors (Lipinski definition) is 2. The Morgan fingerprint density at radius 3 is 2.20 bits per heavy atom. The summed E-state index contributed by atoms with van der Waals surface area (Å²) in [5, 5.41) is 22.6. The maximum Gasteiger partial charge on any atom is 0.310 e. The van der Waals surface area contributed by atoms with E-state index in [9.17, 15) is 24.6 Å². The van der Waals surface area contributed by atoms with Crippen molar-refractivity contribution in [3.05, 3.63) is 11.6 Å². The van der Waals surface area contributed by atoms with E-state index in [0.717, 1.165) is 44.9 Å². The highest BCUT2D eigenvalue weighted by molar-refractivity contribution is 5.77. The van der Waals surface area contributed by atoms with Crippen LogP contribution in [0.3, 0.4) is 0 Å². The number of carbonyl (C=O) groups excluding carboxylic acids is 2. The van der Waals surface area contributed by atoms with E-state index in [1.807, 2.05) is 6.92 Å². The van der Waals surface area contributed by atoms with Gasteiger partial charge in [-0.1, -0.05) is 46.3 Å². The van der Waals surface area contributed by atoms with Gasteiger partial charge in [-0.3, -0.25) is 14.4 Å². The lowest BCUT2D eigenvalue weighted by atomic mass is 9.33. The third-order valence-electron chi connectivity index (χ3n) is 14.1. The fourth-order valence-corrected chi connectivity index (χ4v) is 11.5. The van der Waals surface area contributed by atoms with Crippen LogP contribution in [0.25, 0.3) is 0 Å². The molecule has 0 aromatic rings. The van der Waals surface area contributed by atoms with Crippen LogP contribution in [-0.4, -0.2) is 46.4 Å². The summed E-state index contributed by atoms with van der Waals surface area (Å²) in [5.74, 6) is -1.22. The van der Waals surface area contributed by atoms with Crippen molar-refractivity contribution in [2.24, 2.45) is 50.7 Å². The number of hydrogen-bond acceptors (Lipinski definition) is 6. The molecule has 0 amide bonds. The molecule has 5 rings (SSSR count). The minimum absolute atomic E-state index is 0.0283. The second kappa shape index (κ2) is 9.56. The molecule has 41 heavy (non-hydrogen) atoms. The maximum atomic E-state index is 13.0. The minimum atomic E-state index is -1.08.